The standard InChI is InChI=1S/C10H13NO3/c1-2-9(12)14-8-6-4-3-5-7(8)10(11)13/h3-6,9,12H,2H2,1H3,(H2,11,13). The molecule has 0 aromatic heterocycles. The summed E-state index contributed by atoms with van der Waals surface area (Å²) in [5.41, 5.74) is 5.41. The number of carbonyl (C=O) groups excluding carboxylic acids is 1. The Morgan fingerprint density at radius 3 is 2.79 bits per heavy atom. The van der Waals surface area contributed by atoms with Crippen LogP contribution in [0.25, 0.3) is 0 Å². The van der Waals surface area contributed by atoms with Gasteiger partial charge in [0, 0.05) is 6.42 Å². The third-order valence-corrected chi connectivity index (χ3v) is 1.76. The van der Waals surface area contributed by atoms with E-state index in [4.69, 9.17) is 10.5 Å². The number of benzene rings is 1. The first-order chi connectivity index (χ1) is 6.65. The monoisotopic (exact) mass is 195 g/mol. The Bertz CT molecular complexity index is 325. The van der Waals surface area contributed by atoms with E-state index in [2.05, 4.69) is 0 Å². The van der Waals surface area contributed by atoms with Crippen LogP contribution < -0.4 is 10.5 Å². The molecule has 1 atom stereocenters. The van der Waals surface area contributed by atoms with E-state index < -0.39 is 12.2 Å². The van der Waals surface area contributed by atoms with E-state index in [1.165, 1.54) is 0 Å². The number of carbonyl (C=O) groups is 1. The van der Waals surface area contributed by atoms with Gasteiger partial charge in [0.05, 0.1) is 5.56 Å². The van der Waals surface area contributed by atoms with Gasteiger partial charge in [-0.3, -0.25) is 4.79 Å². The van der Waals surface area contributed by atoms with Crippen molar-refractivity contribution in [2.24, 2.45) is 5.73 Å². The summed E-state index contributed by atoms with van der Waals surface area (Å²) in [7, 11) is 0. The molecule has 1 aromatic rings. The number of hydrogen-bond acceptors (Lipinski definition) is 3. The van der Waals surface area contributed by atoms with Crippen LogP contribution in [0.5, 0.6) is 5.75 Å². The van der Waals surface area contributed by atoms with Crippen molar-refractivity contribution in [3.05, 3.63) is 29.8 Å². The normalized spacial score (nSPS) is 12.1. The third kappa shape index (κ3) is 2.47. The smallest absolute Gasteiger partial charge is 0.252 e. The highest BCUT2D eigenvalue weighted by atomic mass is 16.6. The van der Waals surface area contributed by atoms with Crippen molar-refractivity contribution in [2.45, 2.75) is 19.6 Å². The second kappa shape index (κ2) is 4.62. The lowest BCUT2D eigenvalue weighted by atomic mass is 10.2. The molecule has 0 heterocycles. The average molecular weight is 195 g/mol. The molecule has 1 amide bonds. The minimum atomic E-state index is -0.907. The van der Waals surface area contributed by atoms with Crippen molar-refractivity contribution in [1.82, 2.24) is 0 Å². The highest BCUT2D eigenvalue weighted by Gasteiger charge is 2.10. The van der Waals surface area contributed by atoms with Gasteiger partial charge in [-0.1, -0.05) is 19.1 Å². The molecule has 1 unspecified atom stereocenters. The lowest BCUT2D eigenvalue weighted by Gasteiger charge is -2.13. The van der Waals surface area contributed by atoms with Crippen molar-refractivity contribution in [2.75, 3.05) is 0 Å². The fourth-order valence-corrected chi connectivity index (χ4v) is 1.00. The van der Waals surface area contributed by atoms with Gasteiger partial charge in [0.2, 0.25) is 0 Å². The molecule has 14 heavy (non-hydrogen) atoms. The van der Waals surface area contributed by atoms with Gasteiger partial charge in [0.25, 0.3) is 5.91 Å². The van der Waals surface area contributed by atoms with Crippen LogP contribution in [0.15, 0.2) is 24.3 Å². The maximum absolute atomic E-state index is 11.0. The summed E-state index contributed by atoms with van der Waals surface area (Å²) >= 11 is 0. The molecule has 0 aliphatic carbocycles. The number of para-hydroxylation sites is 1. The minimum Gasteiger partial charge on any atom is -0.464 e. The molecule has 0 radical (unpaired) electrons. The summed E-state index contributed by atoms with van der Waals surface area (Å²) < 4.78 is 5.11. The van der Waals surface area contributed by atoms with Crippen LogP contribution in [0.1, 0.15) is 23.7 Å². The second-order valence-corrected chi connectivity index (χ2v) is 2.84. The zero-order valence-corrected chi connectivity index (χ0v) is 7.93. The van der Waals surface area contributed by atoms with Gasteiger partial charge in [-0.2, -0.15) is 0 Å². The first kappa shape index (κ1) is 10.5. The van der Waals surface area contributed by atoms with Crippen LogP contribution in [0, 0.1) is 0 Å². The molecule has 1 rings (SSSR count). The molecule has 0 saturated carbocycles. The van der Waals surface area contributed by atoms with Crippen molar-refractivity contribution in [3.63, 3.8) is 0 Å². The zero-order chi connectivity index (χ0) is 10.6. The molecule has 4 nitrogen and oxygen atoms in total. The Labute approximate surface area is 82.3 Å². The van der Waals surface area contributed by atoms with Gasteiger partial charge < -0.3 is 15.6 Å². The number of rotatable bonds is 4. The minimum absolute atomic E-state index is 0.278. The fourth-order valence-electron chi connectivity index (χ4n) is 1.00. The predicted octanol–water partition coefficient (Wildman–Crippen LogP) is 0.893. The molecule has 3 N–H and O–H groups in total. The quantitative estimate of drug-likeness (QED) is 0.701. The average Bonchev–Trinajstić information content (AvgIpc) is 2.18. The number of amides is 1. The van der Waals surface area contributed by atoms with E-state index in [0.717, 1.165) is 0 Å². The maximum Gasteiger partial charge on any atom is 0.252 e. The van der Waals surface area contributed by atoms with Crippen LogP contribution >= 0.6 is 0 Å². The van der Waals surface area contributed by atoms with E-state index in [1.54, 1.807) is 31.2 Å². The summed E-state index contributed by atoms with van der Waals surface area (Å²) in [5, 5.41) is 9.24. The highest BCUT2D eigenvalue weighted by molar-refractivity contribution is 5.95. The fraction of sp³-hybridized carbons (Fsp3) is 0.300. The number of ether oxygens (including phenoxy) is 1. The molecule has 4 heteroatoms. The lowest BCUT2D eigenvalue weighted by Crippen LogP contribution is -2.18. The van der Waals surface area contributed by atoms with Crippen LogP contribution in [-0.2, 0) is 0 Å². The molecular weight excluding hydrogens is 182 g/mol. The number of nitrogens with two attached hydrogens (primary N) is 1. The molecule has 0 bridgehead atoms. The van der Waals surface area contributed by atoms with Gasteiger partial charge in [0.1, 0.15) is 5.75 Å². The maximum atomic E-state index is 11.0. The molecule has 0 aliphatic rings. The van der Waals surface area contributed by atoms with E-state index in [0.29, 0.717) is 12.2 Å². The highest BCUT2D eigenvalue weighted by Crippen LogP contribution is 2.18. The summed E-state index contributed by atoms with van der Waals surface area (Å²) in [6.07, 6.45) is -0.455. The molecule has 0 fully saturated rings. The van der Waals surface area contributed by atoms with E-state index in [-0.39, 0.29) is 5.56 Å². The zero-order valence-electron chi connectivity index (χ0n) is 7.93. The molecule has 1 aromatic carbocycles. The van der Waals surface area contributed by atoms with Gasteiger partial charge >= 0.3 is 0 Å². The van der Waals surface area contributed by atoms with Gasteiger partial charge in [-0.25, -0.2) is 0 Å². The van der Waals surface area contributed by atoms with Crippen molar-refractivity contribution >= 4 is 5.91 Å². The van der Waals surface area contributed by atoms with Crippen molar-refractivity contribution in [3.8, 4) is 5.75 Å². The summed E-state index contributed by atoms with van der Waals surface area (Å²) in [6, 6.07) is 6.55. The third-order valence-electron chi connectivity index (χ3n) is 1.76. The SMILES string of the molecule is CCC(O)Oc1ccccc1C(N)=O. The molecule has 0 saturated heterocycles. The lowest BCUT2D eigenvalue weighted by molar-refractivity contribution is -0.0195. The van der Waals surface area contributed by atoms with Crippen LogP contribution in [-0.4, -0.2) is 17.3 Å². The Balaban J connectivity index is 2.90. The van der Waals surface area contributed by atoms with E-state index in [1.807, 2.05) is 0 Å². The number of aliphatic hydroxyl groups is 1. The van der Waals surface area contributed by atoms with E-state index in [9.17, 15) is 9.90 Å². The first-order valence-corrected chi connectivity index (χ1v) is 4.38. The predicted molar refractivity (Wildman–Crippen MR) is 51.9 cm³/mol. The Kier molecular flexibility index (Phi) is 3.48. The first-order valence-electron chi connectivity index (χ1n) is 4.38. The van der Waals surface area contributed by atoms with Crippen molar-refractivity contribution in [1.29, 1.82) is 0 Å². The van der Waals surface area contributed by atoms with Crippen LogP contribution in [0.2, 0.25) is 0 Å². The summed E-state index contributed by atoms with van der Waals surface area (Å²) in [6.45, 7) is 1.78. The second-order valence-electron chi connectivity index (χ2n) is 2.84. The number of aliphatic hydroxyl groups excluding tert-OH is 1. The number of hydrogen-bond donors (Lipinski definition) is 2. The van der Waals surface area contributed by atoms with Gasteiger partial charge in [-0.05, 0) is 12.1 Å². The Morgan fingerprint density at radius 2 is 2.21 bits per heavy atom. The molecule has 0 spiro atoms. The Hall–Kier alpha value is -1.55. The Morgan fingerprint density at radius 1 is 1.57 bits per heavy atom. The summed E-state index contributed by atoms with van der Waals surface area (Å²) in [5.74, 6) is -0.252. The van der Waals surface area contributed by atoms with E-state index >= 15 is 0 Å². The number of primary amides is 1. The van der Waals surface area contributed by atoms with Gasteiger partial charge in [0.15, 0.2) is 6.29 Å². The molecule has 0 aliphatic heterocycles. The van der Waals surface area contributed by atoms with Gasteiger partial charge in [-0.15, -0.1) is 0 Å². The largest absolute Gasteiger partial charge is 0.464 e. The van der Waals surface area contributed by atoms with Crippen LogP contribution in [0.4, 0.5) is 0 Å². The van der Waals surface area contributed by atoms with Crippen LogP contribution in [0.3, 0.4) is 0 Å². The molecular formula is C10H13NO3. The molecule has 76 valence electrons. The summed E-state index contributed by atoms with van der Waals surface area (Å²) in [4.78, 5) is 11.0. The topological polar surface area (TPSA) is 72.6 Å². The van der Waals surface area contributed by atoms with Crippen molar-refractivity contribution < 1.29 is 14.6 Å².